The van der Waals surface area contributed by atoms with E-state index >= 15 is 0 Å². The predicted octanol–water partition coefficient (Wildman–Crippen LogP) is 11.4. The van der Waals surface area contributed by atoms with Crippen molar-refractivity contribution >= 4 is 68.2 Å². The van der Waals surface area contributed by atoms with Crippen molar-refractivity contribution in [2.45, 2.75) is 0 Å². The molecule has 8 aromatic carbocycles. The molecule has 0 atom stereocenters. The number of benzene rings is 8. The van der Waals surface area contributed by atoms with E-state index in [0.717, 1.165) is 68.0 Å². The Kier molecular flexibility index (Phi) is 10.3. The van der Waals surface area contributed by atoms with Gasteiger partial charge in [0.1, 0.15) is 0 Å². The Morgan fingerprint density at radius 3 is 1.83 bits per heavy atom. The summed E-state index contributed by atoms with van der Waals surface area (Å²) < 4.78 is 11.5. The number of fused-ring (bicyclic) bond motifs is 3. The van der Waals surface area contributed by atoms with Crippen LogP contribution in [0.2, 0.25) is 0 Å². The summed E-state index contributed by atoms with van der Waals surface area (Å²) >= 11 is -0.734. The van der Waals surface area contributed by atoms with Gasteiger partial charge in [-0.1, -0.05) is 24.3 Å². The van der Waals surface area contributed by atoms with E-state index in [1.807, 2.05) is 30.5 Å². The number of hydrogen-bond donors (Lipinski definition) is 0. The summed E-state index contributed by atoms with van der Waals surface area (Å²) in [5.74, 6) is 1.99. The van der Waals surface area contributed by atoms with Gasteiger partial charge in [-0.15, -0.1) is 0 Å². The van der Waals surface area contributed by atoms with Crippen molar-refractivity contribution in [2.75, 3.05) is 14.7 Å². The first kappa shape index (κ1) is 37.9. The van der Waals surface area contributed by atoms with Crippen LogP contribution in [0.3, 0.4) is 0 Å². The molecule has 0 saturated carbocycles. The van der Waals surface area contributed by atoms with Gasteiger partial charge in [0.05, 0.1) is 0 Å². The van der Waals surface area contributed by atoms with Gasteiger partial charge in [0.15, 0.2) is 0 Å². The predicted molar refractivity (Wildman–Crippen MR) is 240 cm³/mol. The molecule has 0 radical (unpaired) electrons. The van der Waals surface area contributed by atoms with Crippen molar-refractivity contribution in [1.29, 1.82) is 0 Å². The van der Waals surface area contributed by atoms with Gasteiger partial charge in [-0.05, 0) is 12.1 Å². The van der Waals surface area contributed by atoms with E-state index in [1.165, 1.54) is 7.22 Å². The van der Waals surface area contributed by atoms with Crippen molar-refractivity contribution in [3.8, 4) is 39.4 Å². The normalized spacial score (nSPS) is 12.6. The first-order valence-corrected chi connectivity index (χ1v) is 21.8. The van der Waals surface area contributed by atoms with E-state index in [1.54, 1.807) is 0 Å². The summed E-state index contributed by atoms with van der Waals surface area (Å²) in [6.45, 7) is 2.11. The number of rotatable bonds is 8. The molecule has 0 bridgehead atoms. The Labute approximate surface area is 374 Å². The Balaban J connectivity index is 0.00000433. The maximum absolute atomic E-state index is 6.66. The van der Waals surface area contributed by atoms with E-state index < -0.39 is 20.9 Å². The zero-order valence-electron chi connectivity index (χ0n) is 32.0. The summed E-state index contributed by atoms with van der Waals surface area (Å²) in [4.78, 5) is 11.7. The second kappa shape index (κ2) is 16.4. The standard InChI is InChI=1S/C52H34N5OTe.Pt/c1-4-16-37(17-5-1)43-24-15-25-44(38-18-6-2-7-19-38)51(43)54-33-32-53-52(54)57-47-28-12-13-29-49(47)59-50-31-30-42(35-48(50)57)58-41-23-14-22-40(34-41)56-36-55(39-20-8-3-9-21-39)45-26-10-11-27-46(45)56;/h1-33,36H;/q-3;. The monoisotopic (exact) mass is 1070 g/mol. The summed E-state index contributed by atoms with van der Waals surface area (Å²) in [5.41, 5.74) is 11.8. The number of nitrogens with zero attached hydrogens (tertiary/aromatic N) is 5. The molecule has 0 saturated heterocycles. The molecular weight excluding hydrogens is 1030 g/mol. The number of ether oxygens (including phenoxy) is 1. The van der Waals surface area contributed by atoms with Crippen LogP contribution in [-0.4, -0.2) is 30.5 Å². The van der Waals surface area contributed by atoms with Crippen LogP contribution in [0.1, 0.15) is 0 Å². The third-order valence-corrected chi connectivity index (χ3v) is 13.8. The second-order valence-electron chi connectivity index (χ2n) is 14.2. The second-order valence-corrected chi connectivity index (χ2v) is 17.2. The Bertz CT molecular complexity index is 2900. The number of aromatic nitrogens is 2. The number of hydrogen-bond acceptors (Lipinski definition) is 5. The minimum atomic E-state index is -0.734. The van der Waals surface area contributed by atoms with Crippen LogP contribution >= 0.6 is 0 Å². The minimum absolute atomic E-state index is 0. The maximum atomic E-state index is 6.66. The molecule has 0 amide bonds. The van der Waals surface area contributed by atoms with Gasteiger partial charge in [-0.3, -0.25) is 0 Å². The Hall–Kier alpha value is -6.35. The third-order valence-electron chi connectivity index (χ3n) is 10.6. The third kappa shape index (κ3) is 6.89. The average molecular weight is 1070 g/mol. The summed E-state index contributed by atoms with van der Waals surface area (Å²) in [7, 11) is 0. The van der Waals surface area contributed by atoms with Gasteiger partial charge in [-0.25, -0.2) is 0 Å². The van der Waals surface area contributed by atoms with Gasteiger partial charge in [0.2, 0.25) is 0 Å². The van der Waals surface area contributed by atoms with Crippen LogP contribution in [0.5, 0.6) is 11.5 Å². The number of imidazole rings is 1. The summed E-state index contributed by atoms with van der Waals surface area (Å²) in [5, 5.41) is 0. The molecule has 0 aliphatic carbocycles. The van der Waals surface area contributed by atoms with Gasteiger partial charge in [0, 0.05) is 21.1 Å². The Morgan fingerprint density at radius 1 is 0.517 bits per heavy atom. The van der Waals surface area contributed by atoms with Gasteiger partial charge in [0.25, 0.3) is 0 Å². The molecule has 3 heterocycles. The quantitative estimate of drug-likeness (QED) is 0.112. The van der Waals surface area contributed by atoms with Gasteiger partial charge < -0.3 is 0 Å². The fourth-order valence-corrected chi connectivity index (χ4v) is 10.8. The molecule has 0 unspecified atom stereocenters. The molecule has 0 spiro atoms. The van der Waals surface area contributed by atoms with E-state index in [2.05, 4.69) is 208 Å². The molecule has 8 heteroatoms. The fraction of sp³-hybridized carbons (Fsp3) is 0. The molecule has 60 heavy (non-hydrogen) atoms. The first-order valence-electron chi connectivity index (χ1n) is 19.5. The van der Waals surface area contributed by atoms with E-state index in [9.17, 15) is 0 Å². The van der Waals surface area contributed by atoms with Crippen LogP contribution in [-0.2, 0) is 21.1 Å². The SMILES string of the molecule is [Pt].[c-]1c(Oc2[c-]c3c(cc2)[Te]c2ccccc2N3c2nccn2-c2c(-c3ccccc3)cccc2-c2ccccc2)cccc1N1[CH-]N(c2ccccc2)c2ccccc21. The Morgan fingerprint density at radius 2 is 1.12 bits per heavy atom. The molecule has 2 aliphatic heterocycles. The fourth-order valence-electron chi connectivity index (χ4n) is 7.93. The molecule has 0 fully saturated rings. The molecule has 2 aliphatic rings. The van der Waals surface area contributed by atoms with Crippen molar-refractivity contribution in [3.05, 3.63) is 219 Å². The zero-order valence-corrected chi connectivity index (χ0v) is 36.6. The summed E-state index contributed by atoms with van der Waals surface area (Å²) in [6.07, 6.45) is 3.97. The van der Waals surface area contributed by atoms with Crippen LogP contribution in [0.4, 0.5) is 40.1 Å². The van der Waals surface area contributed by atoms with E-state index in [0.29, 0.717) is 11.5 Å². The molecule has 1 aromatic heterocycles. The molecule has 9 aromatic rings. The topological polar surface area (TPSA) is 36.8 Å². The van der Waals surface area contributed by atoms with E-state index in [4.69, 9.17) is 9.72 Å². The molecule has 292 valence electrons. The van der Waals surface area contributed by atoms with Gasteiger partial charge in [-0.2, -0.15) is 0 Å². The average Bonchev–Trinajstić information content (AvgIpc) is 3.95. The van der Waals surface area contributed by atoms with Crippen molar-refractivity contribution < 1.29 is 25.8 Å². The zero-order chi connectivity index (χ0) is 39.1. The van der Waals surface area contributed by atoms with Crippen molar-refractivity contribution in [2.24, 2.45) is 0 Å². The number of para-hydroxylation sites is 5. The van der Waals surface area contributed by atoms with Crippen molar-refractivity contribution in [1.82, 2.24) is 9.55 Å². The molecule has 0 N–H and O–H groups in total. The first-order chi connectivity index (χ1) is 29.3. The van der Waals surface area contributed by atoms with Crippen LogP contribution in [0.15, 0.2) is 200 Å². The van der Waals surface area contributed by atoms with Crippen LogP contribution < -0.4 is 26.7 Å². The van der Waals surface area contributed by atoms with Crippen LogP contribution in [0, 0.1) is 18.8 Å². The van der Waals surface area contributed by atoms with Gasteiger partial charge >= 0.3 is 320 Å². The molecule has 6 nitrogen and oxygen atoms in total. The van der Waals surface area contributed by atoms with E-state index in [-0.39, 0.29) is 21.1 Å². The number of anilines is 7. The molecular formula is C52H34N5OPtTe-3. The molecule has 11 rings (SSSR count). The van der Waals surface area contributed by atoms with Crippen molar-refractivity contribution in [3.63, 3.8) is 0 Å². The van der Waals surface area contributed by atoms with Crippen LogP contribution in [0.25, 0.3) is 27.9 Å². The summed E-state index contributed by atoms with van der Waals surface area (Å²) in [6, 6.07) is 72.8.